The molecule has 0 rings (SSSR count). The first-order chi connectivity index (χ1) is 7.63. The molecule has 0 radical (unpaired) electrons. The van der Waals surface area contributed by atoms with Crippen molar-refractivity contribution in [3.8, 4) is 0 Å². The minimum absolute atomic E-state index is 0.112. The standard InChI is InChI=1S/C8H18N4O2S2/c9-7(10)15-5-3-13-1-2-14-4-6-16-8(11)12/h1-6H2,(H3,9,10)(H3,11,12). The van der Waals surface area contributed by atoms with E-state index in [4.69, 9.17) is 31.8 Å². The van der Waals surface area contributed by atoms with Gasteiger partial charge in [0.15, 0.2) is 10.3 Å². The van der Waals surface area contributed by atoms with Crippen molar-refractivity contribution in [2.24, 2.45) is 11.5 Å². The summed E-state index contributed by atoms with van der Waals surface area (Å²) in [5.74, 6) is 1.38. The van der Waals surface area contributed by atoms with Crippen molar-refractivity contribution >= 4 is 33.9 Å². The number of rotatable bonds is 9. The van der Waals surface area contributed by atoms with E-state index in [-0.39, 0.29) is 10.3 Å². The fourth-order valence-electron chi connectivity index (χ4n) is 0.743. The van der Waals surface area contributed by atoms with Crippen LogP contribution in [0.4, 0.5) is 0 Å². The minimum Gasteiger partial charge on any atom is -0.379 e. The van der Waals surface area contributed by atoms with Gasteiger partial charge in [0, 0.05) is 11.5 Å². The third-order valence-electron chi connectivity index (χ3n) is 1.34. The second-order valence-corrected chi connectivity index (χ2v) is 4.92. The normalized spacial score (nSPS) is 10.2. The molecule has 0 bridgehead atoms. The highest BCUT2D eigenvalue weighted by atomic mass is 32.2. The van der Waals surface area contributed by atoms with Crippen LogP contribution in [-0.4, -0.2) is 48.3 Å². The molecule has 8 heteroatoms. The maximum atomic E-state index is 6.95. The molecule has 0 aliphatic rings. The summed E-state index contributed by atoms with van der Waals surface area (Å²) < 4.78 is 10.5. The zero-order valence-electron chi connectivity index (χ0n) is 9.03. The summed E-state index contributed by atoms with van der Waals surface area (Å²) >= 11 is 2.52. The second kappa shape index (κ2) is 11.1. The number of ether oxygens (including phenoxy) is 2. The molecule has 0 atom stereocenters. The van der Waals surface area contributed by atoms with Gasteiger partial charge in [0.2, 0.25) is 0 Å². The number of hydrogen-bond donors (Lipinski definition) is 4. The molecule has 0 heterocycles. The van der Waals surface area contributed by atoms with Crippen molar-refractivity contribution in [3.05, 3.63) is 0 Å². The topological polar surface area (TPSA) is 118 Å². The molecule has 0 aliphatic carbocycles. The van der Waals surface area contributed by atoms with Crippen LogP contribution in [0, 0.1) is 10.8 Å². The van der Waals surface area contributed by atoms with E-state index >= 15 is 0 Å². The van der Waals surface area contributed by atoms with E-state index in [0.29, 0.717) is 37.9 Å². The van der Waals surface area contributed by atoms with Gasteiger partial charge >= 0.3 is 0 Å². The molecule has 0 aliphatic heterocycles. The molecule has 0 saturated carbocycles. The highest BCUT2D eigenvalue weighted by Crippen LogP contribution is 1.98. The molecule has 94 valence electrons. The monoisotopic (exact) mass is 266 g/mol. The lowest BCUT2D eigenvalue weighted by Crippen LogP contribution is -2.11. The van der Waals surface area contributed by atoms with Gasteiger partial charge in [-0.15, -0.1) is 0 Å². The highest BCUT2D eigenvalue weighted by molar-refractivity contribution is 8.13. The van der Waals surface area contributed by atoms with Crippen LogP contribution in [0.5, 0.6) is 0 Å². The van der Waals surface area contributed by atoms with Crippen LogP contribution in [0.15, 0.2) is 0 Å². The van der Waals surface area contributed by atoms with Gasteiger partial charge in [0.25, 0.3) is 0 Å². The first-order valence-corrected chi connectivity index (χ1v) is 6.69. The largest absolute Gasteiger partial charge is 0.379 e. The highest BCUT2D eigenvalue weighted by Gasteiger charge is 1.94. The number of thioether (sulfide) groups is 2. The fourth-order valence-corrected chi connectivity index (χ4v) is 1.59. The van der Waals surface area contributed by atoms with Crippen LogP contribution in [0.2, 0.25) is 0 Å². The molecule has 16 heavy (non-hydrogen) atoms. The van der Waals surface area contributed by atoms with Crippen LogP contribution >= 0.6 is 23.5 Å². The molecular weight excluding hydrogens is 248 g/mol. The van der Waals surface area contributed by atoms with Gasteiger partial charge in [0.05, 0.1) is 26.4 Å². The Bertz CT molecular complexity index is 194. The van der Waals surface area contributed by atoms with Gasteiger partial charge in [-0.1, -0.05) is 23.5 Å². The molecule has 6 nitrogen and oxygen atoms in total. The van der Waals surface area contributed by atoms with Crippen LogP contribution in [-0.2, 0) is 9.47 Å². The number of amidine groups is 2. The Kier molecular flexibility index (Phi) is 10.8. The van der Waals surface area contributed by atoms with Crippen LogP contribution in [0.1, 0.15) is 0 Å². The van der Waals surface area contributed by atoms with E-state index in [1.54, 1.807) is 0 Å². The average Bonchev–Trinajstić information content (AvgIpc) is 2.20. The summed E-state index contributed by atoms with van der Waals surface area (Å²) in [4.78, 5) is 0. The van der Waals surface area contributed by atoms with Gasteiger partial charge in [-0.25, -0.2) is 0 Å². The Labute approximate surface area is 104 Å². The Morgan fingerprint density at radius 1 is 0.812 bits per heavy atom. The molecule has 0 unspecified atom stereocenters. The van der Waals surface area contributed by atoms with Crippen LogP contribution in [0.3, 0.4) is 0 Å². The van der Waals surface area contributed by atoms with Crippen LogP contribution < -0.4 is 11.5 Å². The minimum atomic E-state index is 0.112. The quantitative estimate of drug-likeness (QED) is 0.270. The smallest absolute Gasteiger partial charge is 0.151 e. The predicted molar refractivity (Wildman–Crippen MR) is 70.4 cm³/mol. The summed E-state index contributed by atoms with van der Waals surface area (Å²) in [5, 5.41) is 14.1. The van der Waals surface area contributed by atoms with Crippen molar-refractivity contribution in [1.82, 2.24) is 0 Å². The molecule has 0 amide bonds. The van der Waals surface area contributed by atoms with Crippen molar-refractivity contribution in [2.75, 3.05) is 37.9 Å². The zero-order chi connectivity index (χ0) is 12.2. The number of hydrogen-bond acceptors (Lipinski definition) is 6. The van der Waals surface area contributed by atoms with Crippen molar-refractivity contribution in [2.45, 2.75) is 0 Å². The van der Waals surface area contributed by atoms with E-state index in [1.165, 1.54) is 23.5 Å². The van der Waals surface area contributed by atoms with Gasteiger partial charge in [-0.2, -0.15) is 0 Å². The molecule has 0 aromatic rings. The maximum Gasteiger partial charge on any atom is 0.151 e. The van der Waals surface area contributed by atoms with Crippen molar-refractivity contribution in [3.63, 3.8) is 0 Å². The molecule has 0 spiro atoms. The van der Waals surface area contributed by atoms with E-state index in [1.807, 2.05) is 0 Å². The third-order valence-corrected chi connectivity index (χ3v) is 2.71. The third kappa shape index (κ3) is 13.6. The van der Waals surface area contributed by atoms with Crippen molar-refractivity contribution in [1.29, 1.82) is 10.8 Å². The van der Waals surface area contributed by atoms with Crippen LogP contribution in [0.25, 0.3) is 0 Å². The molecule has 6 N–H and O–H groups in total. The summed E-state index contributed by atoms with van der Waals surface area (Å²) in [6.45, 7) is 2.19. The van der Waals surface area contributed by atoms with E-state index in [9.17, 15) is 0 Å². The predicted octanol–water partition coefficient (Wildman–Crippen LogP) is 0.273. The van der Waals surface area contributed by atoms with E-state index < -0.39 is 0 Å². The summed E-state index contributed by atoms with van der Waals surface area (Å²) in [7, 11) is 0. The average molecular weight is 266 g/mol. The first-order valence-electron chi connectivity index (χ1n) is 4.72. The van der Waals surface area contributed by atoms with E-state index in [0.717, 1.165) is 0 Å². The Morgan fingerprint density at radius 2 is 1.19 bits per heavy atom. The lowest BCUT2D eigenvalue weighted by atomic mass is 10.7. The van der Waals surface area contributed by atoms with Gasteiger partial charge in [-0.05, 0) is 0 Å². The molecule has 0 aromatic carbocycles. The van der Waals surface area contributed by atoms with Gasteiger partial charge < -0.3 is 20.9 Å². The molecular formula is C8H18N4O2S2. The molecule has 0 aromatic heterocycles. The van der Waals surface area contributed by atoms with Gasteiger partial charge in [-0.3, -0.25) is 10.8 Å². The number of nitrogens with one attached hydrogen (secondary N) is 2. The second-order valence-electron chi connectivity index (χ2n) is 2.65. The lowest BCUT2D eigenvalue weighted by Gasteiger charge is -2.05. The number of nitrogens with two attached hydrogens (primary N) is 2. The summed E-state index contributed by atoms with van der Waals surface area (Å²) in [6.07, 6.45) is 0. The maximum absolute atomic E-state index is 6.95. The molecule has 0 fully saturated rings. The SMILES string of the molecule is N=C(N)SCCOCCOCCSC(=N)N. The fraction of sp³-hybridized carbons (Fsp3) is 0.750. The Balaban J connectivity index is 2.98. The summed E-state index contributed by atoms with van der Waals surface area (Å²) in [5.41, 5.74) is 10.3. The van der Waals surface area contributed by atoms with E-state index in [2.05, 4.69) is 0 Å². The lowest BCUT2D eigenvalue weighted by molar-refractivity contribution is 0.0606. The molecule has 0 saturated heterocycles. The first kappa shape index (κ1) is 15.6. The Hall–Kier alpha value is -0.440. The Morgan fingerprint density at radius 3 is 1.50 bits per heavy atom. The van der Waals surface area contributed by atoms with Gasteiger partial charge in [0.1, 0.15) is 0 Å². The summed E-state index contributed by atoms with van der Waals surface area (Å²) in [6, 6.07) is 0. The zero-order valence-corrected chi connectivity index (χ0v) is 10.7. The van der Waals surface area contributed by atoms with Crippen molar-refractivity contribution < 1.29 is 9.47 Å².